The molecule has 8 heavy (non-hydrogen) atoms. The van der Waals surface area contributed by atoms with Crippen molar-refractivity contribution in [2.24, 2.45) is 0 Å². The van der Waals surface area contributed by atoms with Crippen molar-refractivity contribution in [1.82, 2.24) is 0 Å². The summed E-state index contributed by atoms with van der Waals surface area (Å²) in [6.45, 7) is 0. The molecule has 0 amide bonds. The van der Waals surface area contributed by atoms with Crippen LogP contribution in [-0.2, 0) is 8.98 Å². The summed E-state index contributed by atoms with van der Waals surface area (Å²) >= 11 is 1.05. The second kappa shape index (κ2) is 2.19. The molecule has 3 nitrogen and oxygen atoms in total. The SMILES string of the molecule is O=C(O)C1C=CSO1. The van der Waals surface area contributed by atoms with Gasteiger partial charge in [0.1, 0.15) is 0 Å². The Kier molecular flexibility index (Phi) is 1.55. The summed E-state index contributed by atoms with van der Waals surface area (Å²) in [5.41, 5.74) is 0. The van der Waals surface area contributed by atoms with Gasteiger partial charge in [-0.1, -0.05) is 0 Å². The van der Waals surface area contributed by atoms with Crippen LogP contribution in [-0.4, -0.2) is 17.2 Å². The van der Waals surface area contributed by atoms with Gasteiger partial charge in [-0.3, -0.25) is 4.18 Å². The van der Waals surface area contributed by atoms with Crippen molar-refractivity contribution < 1.29 is 14.1 Å². The molecule has 0 radical (unpaired) electrons. The van der Waals surface area contributed by atoms with Gasteiger partial charge in [0.2, 0.25) is 0 Å². The first-order valence-corrected chi connectivity index (χ1v) is 2.83. The van der Waals surface area contributed by atoms with Gasteiger partial charge in [0.15, 0.2) is 6.10 Å². The Morgan fingerprint density at radius 2 is 2.62 bits per heavy atom. The molecule has 1 N–H and O–H groups in total. The Morgan fingerprint density at radius 1 is 1.88 bits per heavy atom. The van der Waals surface area contributed by atoms with Gasteiger partial charge in [-0.2, -0.15) is 0 Å². The lowest BCUT2D eigenvalue weighted by Crippen LogP contribution is -2.15. The maximum Gasteiger partial charge on any atom is 0.338 e. The molecule has 1 aliphatic rings. The largest absolute Gasteiger partial charge is 0.479 e. The van der Waals surface area contributed by atoms with Crippen molar-refractivity contribution in [2.45, 2.75) is 6.10 Å². The first-order chi connectivity index (χ1) is 3.80. The number of rotatable bonds is 1. The van der Waals surface area contributed by atoms with Gasteiger partial charge in [-0.25, -0.2) is 4.79 Å². The fourth-order valence-electron chi connectivity index (χ4n) is 0.351. The van der Waals surface area contributed by atoms with Gasteiger partial charge in [-0.15, -0.1) is 0 Å². The van der Waals surface area contributed by atoms with Crippen LogP contribution in [0, 0.1) is 0 Å². The highest BCUT2D eigenvalue weighted by Crippen LogP contribution is 2.17. The third-order valence-corrected chi connectivity index (χ3v) is 1.30. The smallest absolute Gasteiger partial charge is 0.338 e. The summed E-state index contributed by atoms with van der Waals surface area (Å²) in [4.78, 5) is 10.0. The predicted octanol–water partition coefficient (Wildman–Crippen LogP) is 0.632. The molecular formula is C4H4O3S. The minimum absolute atomic E-state index is 0.736. The summed E-state index contributed by atoms with van der Waals surface area (Å²) in [5.74, 6) is -0.939. The highest BCUT2D eigenvalue weighted by molar-refractivity contribution is 7.97. The number of hydrogen-bond donors (Lipinski definition) is 1. The van der Waals surface area contributed by atoms with Crippen LogP contribution in [0.3, 0.4) is 0 Å². The van der Waals surface area contributed by atoms with E-state index in [0.717, 1.165) is 12.0 Å². The minimum atomic E-state index is -0.939. The van der Waals surface area contributed by atoms with Gasteiger partial charge in [0, 0.05) is 12.0 Å². The molecule has 1 heterocycles. The van der Waals surface area contributed by atoms with E-state index in [1.165, 1.54) is 6.08 Å². The Labute approximate surface area is 50.5 Å². The van der Waals surface area contributed by atoms with Gasteiger partial charge in [0.25, 0.3) is 0 Å². The third kappa shape index (κ3) is 1.02. The molecule has 0 bridgehead atoms. The molecule has 0 saturated heterocycles. The van der Waals surface area contributed by atoms with E-state index in [1.54, 1.807) is 5.41 Å². The molecule has 0 aromatic rings. The third-order valence-electron chi connectivity index (χ3n) is 0.712. The lowest BCUT2D eigenvalue weighted by Gasteiger charge is -1.95. The second-order valence-electron chi connectivity index (χ2n) is 1.28. The van der Waals surface area contributed by atoms with Crippen LogP contribution in [0.1, 0.15) is 0 Å². The molecule has 0 aromatic heterocycles. The topological polar surface area (TPSA) is 46.5 Å². The fourth-order valence-corrected chi connectivity index (χ4v) is 0.888. The van der Waals surface area contributed by atoms with E-state index < -0.39 is 12.1 Å². The molecule has 1 aliphatic heterocycles. The van der Waals surface area contributed by atoms with Crippen LogP contribution >= 0.6 is 12.0 Å². The quantitative estimate of drug-likeness (QED) is 0.531. The van der Waals surface area contributed by atoms with E-state index in [1.807, 2.05) is 0 Å². The van der Waals surface area contributed by atoms with Crippen LogP contribution in [0.25, 0.3) is 0 Å². The van der Waals surface area contributed by atoms with Gasteiger partial charge < -0.3 is 5.11 Å². The van der Waals surface area contributed by atoms with Crippen molar-refractivity contribution in [1.29, 1.82) is 0 Å². The molecular weight excluding hydrogens is 128 g/mol. The van der Waals surface area contributed by atoms with E-state index in [-0.39, 0.29) is 0 Å². The van der Waals surface area contributed by atoms with Crippen molar-refractivity contribution in [2.75, 3.05) is 0 Å². The Balaban J connectivity index is 2.48. The zero-order chi connectivity index (χ0) is 5.98. The number of carbonyl (C=O) groups is 1. The Hall–Kier alpha value is -0.480. The zero-order valence-corrected chi connectivity index (χ0v) is 4.72. The summed E-state index contributed by atoms with van der Waals surface area (Å²) < 4.78 is 4.62. The molecule has 0 saturated carbocycles. The summed E-state index contributed by atoms with van der Waals surface area (Å²) in [6, 6.07) is 0. The van der Waals surface area contributed by atoms with Crippen LogP contribution in [0.15, 0.2) is 11.5 Å². The monoisotopic (exact) mass is 132 g/mol. The number of carboxylic acid groups (broad SMARTS) is 1. The Bertz CT molecular complexity index is 131. The first-order valence-electron chi connectivity index (χ1n) is 2.02. The Morgan fingerprint density at radius 3 is 2.88 bits per heavy atom. The lowest BCUT2D eigenvalue weighted by molar-refractivity contribution is -0.142. The van der Waals surface area contributed by atoms with Crippen molar-refractivity contribution in [3.8, 4) is 0 Å². The number of aliphatic carboxylic acids is 1. The van der Waals surface area contributed by atoms with Gasteiger partial charge in [0.05, 0.1) is 0 Å². The molecule has 1 unspecified atom stereocenters. The van der Waals surface area contributed by atoms with Gasteiger partial charge in [-0.05, 0) is 11.5 Å². The normalized spacial score (nSPS) is 26.2. The average molecular weight is 132 g/mol. The van der Waals surface area contributed by atoms with Crippen LogP contribution in [0.2, 0.25) is 0 Å². The molecule has 1 atom stereocenters. The molecule has 44 valence electrons. The van der Waals surface area contributed by atoms with E-state index in [2.05, 4.69) is 4.18 Å². The second-order valence-corrected chi connectivity index (χ2v) is 1.94. The fraction of sp³-hybridized carbons (Fsp3) is 0.250. The van der Waals surface area contributed by atoms with Crippen molar-refractivity contribution in [3.05, 3.63) is 11.5 Å². The summed E-state index contributed by atoms with van der Waals surface area (Å²) in [6.07, 6.45) is 0.757. The lowest BCUT2D eigenvalue weighted by atomic mass is 10.4. The molecule has 1 rings (SSSR count). The van der Waals surface area contributed by atoms with E-state index in [4.69, 9.17) is 5.11 Å². The summed E-state index contributed by atoms with van der Waals surface area (Å²) in [5, 5.41) is 9.83. The van der Waals surface area contributed by atoms with Crippen molar-refractivity contribution in [3.63, 3.8) is 0 Å². The van der Waals surface area contributed by atoms with E-state index in [9.17, 15) is 4.79 Å². The van der Waals surface area contributed by atoms with Crippen molar-refractivity contribution >= 4 is 18.0 Å². The molecule has 0 aliphatic carbocycles. The predicted molar refractivity (Wildman–Crippen MR) is 29.2 cm³/mol. The van der Waals surface area contributed by atoms with E-state index >= 15 is 0 Å². The highest BCUT2D eigenvalue weighted by Gasteiger charge is 2.17. The number of hydrogen-bond acceptors (Lipinski definition) is 3. The number of carboxylic acids is 1. The maximum absolute atomic E-state index is 10.0. The van der Waals surface area contributed by atoms with E-state index in [0.29, 0.717) is 0 Å². The summed E-state index contributed by atoms with van der Waals surface area (Å²) in [7, 11) is 0. The average Bonchev–Trinajstić information content (AvgIpc) is 2.12. The first kappa shape index (κ1) is 5.65. The minimum Gasteiger partial charge on any atom is -0.479 e. The zero-order valence-electron chi connectivity index (χ0n) is 3.90. The maximum atomic E-state index is 10.0. The molecule has 4 heteroatoms. The standard InChI is InChI=1S/C4H4O3S/c5-4(6)3-1-2-8-7-3/h1-3H,(H,5,6). The highest BCUT2D eigenvalue weighted by atomic mass is 32.2. The van der Waals surface area contributed by atoms with Crippen LogP contribution in [0.5, 0.6) is 0 Å². The van der Waals surface area contributed by atoms with Crippen LogP contribution in [0.4, 0.5) is 0 Å². The van der Waals surface area contributed by atoms with Crippen LogP contribution < -0.4 is 0 Å². The molecule has 0 aromatic carbocycles. The molecule has 0 fully saturated rings. The van der Waals surface area contributed by atoms with Gasteiger partial charge >= 0.3 is 5.97 Å². The molecule has 0 spiro atoms.